The zero-order chi connectivity index (χ0) is 38.8. The monoisotopic (exact) mass is 731 g/mol. The van der Waals surface area contributed by atoms with Crippen LogP contribution in [-0.2, 0) is 10.8 Å². The van der Waals surface area contributed by atoms with Gasteiger partial charge in [0.2, 0.25) is 0 Å². The summed E-state index contributed by atoms with van der Waals surface area (Å²) < 4.78 is 0. The third-order valence-corrected chi connectivity index (χ3v) is 14.4. The highest BCUT2D eigenvalue weighted by atomic mass is 15.3. The van der Waals surface area contributed by atoms with Crippen LogP contribution in [0.15, 0.2) is 140 Å². The molecule has 1 aliphatic carbocycles. The Balaban J connectivity index is 1.29. The van der Waals surface area contributed by atoms with E-state index in [1.165, 1.54) is 85.9 Å². The second kappa shape index (κ2) is 12.1. The van der Waals surface area contributed by atoms with Crippen LogP contribution in [0.2, 0.25) is 0 Å². The zero-order valence-corrected chi connectivity index (χ0v) is 34.4. The maximum atomic E-state index is 2.80. The van der Waals surface area contributed by atoms with Gasteiger partial charge in [-0.2, -0.15) is 0 Å². The second-order valence-electron chi connectivity index (χ2n) is 19.5. The summed E-state index contributed by atoms with van der Waals surface area (Å²) in [5.41, 5.74) is 17.2. The topological polar surface area (TPSA) is 9.72 Å². The molecule has 3 atom stereocenters. The number of anilines is 8. The van der Waals surface area contributed by atoms with Gasteiger partial charge in [-0.15, -0.1) is 0 Å². The standard InChI is InChI=1S/C52H54BN3/c1-49(2,3)35-27-28-43-40(31-35)51(7)34-36(50(4,5)6)29-30-52(51,8)56(43)39-32-46-48-47(33-39)55(38-21-13-10-14-22-38)45-26-18-16-24-42(45)53(48)41-23-15-17-25-44(41)54(46)37-19-11-9-12-20-37/h9-28,31-33,36H,29-30,34H2,1-8H3. The molecule has 0 amide bonds. The summed E-state index contributed by atoms with van der Waals surface area (Å²) in [6, 6.07) is 52.9. The first-order valence-corrected chi connectivity index (χ1v) is 20.8. The number of hydrogen-bond donors (Lipinski definition) is 0. The first-order chi connectivity index (χ1) is 26.8. The van der Waals surface area contributed by atoms with Crippen molar-refractivity contribution >= 4 is 68.6 Å². The molecule has 1 saturated carbocycles. The largest absolute Gasteiger partial charge is 0.334 e. The Bertz CT molecular complexity index is 2380. The van der Waals surface area contributed by atoms with Crippen LogP contribution >= 0.6 is 0 Å². The van der Waals surface area contributed by atoms with Crippen molar-refractivity contribution in [1.82, 2.24) is 0 Å². The molecule has 3 unspecified atom stereocenters. The van der Waals surface area contributed by atoms with Crippen LogP contribution in [0.25, 0.3) is 0 Å². The highest BCUT2D eigenvalue weighted by molar-refractivity contribution is 7.00. The van der Waals surface area contributed by atoms with Gasteiger partial charge in [-0.25, -0.2) is 0 Å². The fourth-order valence-corrected chi connectivity index (χ4v) is 11.1. The molecule has 0 spiro atoms. The zero-order valence-electron chi connectivity index (χ0n) is 34.4. The summed E-state index contributed by atoms with van der Waals surface area (Å²) in [4.78, 5) is 7.89. The van der Waals surface area contributed by atoms with Gasteiger partial charge in [0.25, 0.3) is 6.71 Å². The third-order valence-electron chi connectivity index (χ3n) is 14.4. The van der Waals surface area contributed by atoms with Gasteiger partial charge in [0.1, 0.15) is 0 Å². The average Bonchev–Trinajstić information content (AvgIpc) is 3.39. The second-order valence-corrected chi connectivity index (χ2v) is 19.5. The van der Waals surface area contributed by atoms with E-state index >= 15 is 0 Å². The van der Waals surface area contributed by atoms with E-state index in [9.17, 15) is 0 Å². The number of hydrogen-bond acceptors (Lipinski definition) is 3. The highest BCUT2D eigenvalue weighted by Crippen LogP contribution is 2.64. The fraction of sp³-hybridized carbons (Fsp3) is 0.308. The van der Waals surface area contributed by atoms with Crippen molar-refractivity contribution in [3.05, 3.63) is 151 Å². The average molecular weight is 732 g/mol. The van der Waals surface area contributed by atoms with Crippen molar-refractivity contribution in [2.75, 3.05) is 14.7 Å². The van der Waals surface area contributed by atoms with Gasteiger partial charge < -0.3 is 14.7 Å². The Kier molecular flexibility index (Phi) is 7.64. The lowest BCUT2D eigenvalue weighted by atomic mass is 9.33. The van der Waals surface area contributed by atoms with E-state index in [1.54, 1.807) is 0 Å². The lowest BCUT2D eigenvalue weighted by Gasteiger charge is -2.55. The Labute approximate surface area is 335 Å². The van der Waals surface area contributed by atoms with Gasteiger partial charge >= 0.3 is 0 Å². The summed E-state index contributed by atoms with van der Waals surface area (Å²) in [6.07, 6.45) is 3.53. The van der Waals surface area contributed by atoms with Gasteiger partial charge in [0.15, 0.2) is 0 Å². The molecule has 6 aromatic rings. The molecule has 56 heavy (non-hydrogen) atoms. The van der Waals surface area contributed by atoms with Crippen LogP contribution in [0.4, 0.5) is 45.5 Å². The summed E-state index contributed by atoms with van der Waals surface area (Å²) >= 11 is 0. The van der Waals surface area contributed by atoms with Crippen molar-refractivity contribution in [2.24, 2.45) is 11.3 Å². The summed E-state index contributed by atoms with van der Waals surface area (Å²) in [5.74, 6) is 0.646. The molecule has 0 saturated heterocycles. The molecule has 4 heteroatoms. The number of nitrogens with zero attached hydrogens (tertiary/aromatic N) is 3. The molecule has 280 valence electrons. The van der Waals surface area contributed by atoms with Crippen molar-refractivity contribution in [2.45, 2.75) is 91.0 Å². The highest BCUT2D eigenvalue weighted by Gasteiger charge is 2.60. The van der Waals surface area contributed by atoms with E-state index in [0.29, 0.717) is 5.92 Å². The van der Waals surface area contributed by atoms with Crippen molar-refractivity contribution < 1.29 is 0 Å². The molecule has 3 aliphatic heterocycles. The van der Waals surface area contributed by atoms with Gasteiger partial charge in [0.05, 0.1) is 5.54 Å². The van der Waals surface area contributed by atoms with E-state index in [2.05, 4.69) is 210 Å². The van der Waals surface area contributed by atoms with Crippen LogP contribution in [-0.4, -0.2) is 12.3 Å². The molecule has 0 radical (unpaired) electrons. The Morgan fingerprint density at radius 3 is 1.59 bits per heavy atom. The fourth-order valence-electron chi connectivity index (χ4n) is 11.1. The summed E-state index contributed by atoms with van der Waals surface area (Å²) in [7, 11) is 0. The molecule has 0 N–H and O–H groups in total. The first-order valence-electron chi connectivity index (χ1n) is 20.8. The van der Waals surface area contributed by atoms with Gasteiger partial charge in [0, 0.05) is 50.9 Å². The molecule has 1 fully saturated rings. The summed E-state index contributed by atoms with van der Waals surface area (Å²) in [6.45, 7) is 19.7. The summed E-state index contributed by atoms with van der Waals surface area (Å²) in [5, 5.41) is 0. The van der Waals surface area contributed by atoms with Crippen LogP contribution in [0, 0.1) is 11.3 Å². The molecule has 3 nitrogen and oxygen atoms in total. The van der Waals surface area contributed by atoms with Crippen molar-refractivity contribution in [3.63, 3.8) is 0 Å². The lowest BCUT2D eigenvalue weighted by Crippen LogP contribution is -2.61. The first kappa shape index (κ1) is 35.2. The predicted molar refractivity (Wildman–Crippen MR) is 240 cm³/mol. The van der Waals surface area contributed by atoms with Crippen LogP contribution in [0.3, 0.4) is 0 Å². The Hall–Kier alpha value is -5.22. The SMILES string of the molecule is CC(C)(C)c1ccc2c(c1)C1(C)CC(C(C)(C)C)CCC1(C)N2c1cc2c3c(c1)N(c1ccccc1)c1ccccc1B3c1ccccc1N2c1ccccc1. The third kappa shape index (κ3) is 4.97. The van der Waals surface area contributed by atoms with Crippen LogP contribution in [0.5, 0.6) is 0 Å². The minimum atomic E-state index is -0.123. The maximum absolute atomic E-state index is 2.80. The maximum Gasteiger partial charge on any atom is 0.252 e. The van der Waals surface area contributed by atoms with E-state index < -0.39 is 0 Å². The quantitative estimate of drug-likeness (QED) is 0.168. The molecule has 6 aromatic carbocycles. The minimum Gasteiger partial charge on any atom is -0.334 e. The van der Waals surface area contributed by atoms with E-state index in [4.69, 9.17) is 0 Å². The van der Waals surface area contributed by atoms with Crippen LogP contribution in [0.1, 0.15) is 85.8 Å². The number of benzene rings is 6. The van der Waals surface area contributed by atoms with Gasteiger partial charge in [-0.05, 0) is 125 Å². The molecular weight excluding hydrogens is 677 g/mol. The molecular formula is C52H54BN3. The molecule has 3 heterocycles. The minimum absolute atomic E-state index is 0.0348. The van der Waals surface area contributed by atoms with Gasteiger partial charge in [-0.1, -0.05) is 133 Å². The normalized spacial score (nSPS) is 22.2. The van der Waals surface area contributed by atoms with Gasteiger partial charge in [-0.3, -0.25) is 0 Å². The van der Waals surface area contributed by atoms with E-state index in [0.717, 1.165) is 6.42 Å². The number of fused-ring (bicyclic) bond motifs is 7. The number of para-hydroxylation sites is 4. The van der Waals surface area contributed by atoms with Crippen molar-refractivity contribution in [1.29, 1.82) is 0 Å². The number of rotatable bonds is 3. The molecule has 4 aliphatic rings. The molecule has 0 aromatic heterocycles. The van der Waals surface area contributed by atoms with Crippen molar-refractivity contribution in [3.8, 4) is 0 Å². The molecule has 10 rings (SSSR count). The lowest BCUT2D eigenvalue weighted by molar-refractivity contribution is 0.0786. The Morgan fingerprint density at radius 2 is 1.07 bits per heavy atom. The molecule has 0 bridgehead atoms. The predicted octanol–water partition coefficient (Wildman–Crippen LogP) is 12.1. The Morgan fingerprint density at radius 1 is 0.554 bits per heavy atom. The van der Waals surface area contributed by atoms with E-state index in [1.807, 2.05) is 0 Å². The smallest absolute Gasteiger partial charge is 0.252 e. The van der Waals surface area contributed by atoms with Crippen LogP contribution < -0.4 is 31.1 Å². The van der Waals surface area contributed by atoms with E-state index in [-0.39, 0.29) is 28.5 Å².